The molecule has 1 aliphatic heterocycles. The Hall–Kier alpha value is -1.72. The molecule has 0 spiro atoms. The van der Waals surface area contributed by atoms with E-state index in [9.17, 15) is 9.18 Å². The Bertz CT molecular complexity index is 733. The van der Waals surface area contributed by atoms with Gasteiger partial charge in [0.25, 0.3) is 0 Å². The highest BCUT2D eigenvalue weighted by molar-refractivity contribution is 9.10. The largest absolute Gasteiger partial charge is 0.324 e. The second kappa shape index (κ2) is 7.45. The van der Waals surface area contributed by atoms with Gasteiger partial charge in [0.2, 0.25) is 5.91 Å². The third kappa shape index (κ3) is 4.02. The molecule has 0 saturated carbocycles. The SMILES string of the molecule is Cc1ccc(NC(=O)CN2CCCC2c2ccc(F)cc2)c(Br)c1. The van der Waals surface area contributed by atoms with Gasteiger partial charge in [0.1, 0.15) is 5.82 Å². The van der Waals surface area contributed by atoms with Gasteiger partial charge in [-0.25, -0.2) is 4.39 Å². The fourth-order valence-electron chi connectivity index (χ4n) is 3.17. The average Bonchev–Trinajstić information content (AvgIpc) is 2.99. The van der Waals surface area contributed by atoms with E-state index in [1.54, 1.807) is 0 Å². The summed E-state index contributed by atoms with van der Waals surface area (Å²) in [6.07, 6.45) is 2.04. The van der Waals surface area contributed by atoms with Gasteiger partial charge in [-0.15, -0.1) is 0 Å². The first-order valence-electron chi connectivity index (χ1n) is 8.08. The lowest BCUT2D eigenvalue weighted by atomic mass is 10.0. The minimum absolute atomic E-state index is 0.0337. The van der Waals surface area contributed by atoms with Crippen molar-refractivity contribution in [2.45, 2.75) is 25.8 Å². The van der Waals surface area contributed by atoms with Crippen molar-refractivity contribution >= 4 is 27.5 Å². The predicted octanol–water partition coefficient (Wildman–Crippen LogP) is 4.67. The number of anilines is 1. The molecule has 0 aromatic heterocycles. The number of hydrogen-bond acceptors (Lipinski definition) is 2. The van der Waals surface area contributed by atoms with E-state index in [1.165, 1.54) is 12.1 Å². The van der Waals surface area contributed by atoms with Gasteiger partial charge < -0.3 is 5.32 Å². The smallest absolute Gasteiger partial charge is 0.238 e. The van der Waals surface area contributed by atoms with Crippen LogP contribution >= 0.6 is 15.9 Å². The van der Waals surface area contributed by atoms with Crippen LogP contribution in [-0.4, -0.2) is 23.9 Å². The summed E-state index contributed by atoms with van der Waals surface area (Å²) in [6, 6.07) is 12.6. The molecule has 1 fully saturated rings. The summed E-state index contributed by atoms with van der Waals surface area (Å²) < 4.78 is 14.0. The van der Waals surface area contributed by atoms with Crippen molar-refractivity contribution in [1.82, 2.24) is 4.90 Å². The van der Waals surface area contributed by atoms with Crippen LogP contribution in [0.15, 0.2) is 46.9 Å². The quantitative estimate of drug-likeness (QED) is 0.822. The van der Waals surface area contributed by atoms with E-state index in [2.05, 4.69) is 26.1 Å². The topological polar surface area (TPSA) is 32.3 Å². The minimum atomic E-state index is -0.231. The van der Waals surface area contributed by atoms with Crippen molar-refractivity contribution in [2.75, 3.05) is 18.4 Å². The Balaban J connectivity index is 1.65. The lowest BCUT2D eigenvalue weighted by Crippen LogP contribution is -2.33. The lowest BCUT2D eigenvalue weighted by Gasteiger charge is -2.24. The van der Waals surface area contributed by atoms with Gasteiger partial charge in [0.15, 0.2) is 0 Å². The molecule has 3 nitrogen and oxygen atoms in total. The van der Waals surface area contributed by atoms with Gasteiger partial charge in [0, 0.05) is 10.5 Å². The van der Waals surface area contributed by atoms with Crippen molar-refractivity contribution in [3.63, 3.8) is 0 Å². The zero-order valence-corrected chi connectivity index (χ0v) is 15.1. The van der Waals surface area contributed by atoms with E-state index in [0.29, 0.717) is 6.54 Å². The number of carbonyl (C=O) groups excluding carboxylic acids is 1. The van der Waals surface area contributed by atoms with Crippen LogP contribution in [0, 0.1) is 12.7 Å². The summed E-state index contributed by atoms with van der Waals surface area (Å²) in [5.74, 6) is -0.265. The second-order valence-electron chi connectivity index (χ2n) is 6.21. The monoisotopic (exact) mass is 390 g/mol. The summed E-state index contributed by atoms with van der Waals surface area (Å²) in [4.78, 5) is 14.6. The Morgan fingerprint density at radius 3 is 2.75 bits per heavy atom. The molecule has 2 aromatic rings. The van der Waals surface area contributed by atoms with Crippen molar-refractivity contribution in [3.05, 3.63) is 63.9 Å². The molecule has 1 saturated heterocycles. The molecule has 0 aliphatic carbocycles. The molecular formula is C19H20BrFN2O. The first-order valence-corrected chi connectivity index (χ1v) is 8.88. The normalized spacial score (nSPS) is 17.9. The zero-order valence-electron chi connectivity index (χ0n) is 13.6. The maximum Gasteiger partial charge on any atom is 0.238 e. The molecule has 3 rings (SSSR count). The van der Waals surface area contributed by atoms with Gasteiger partial charge >= 0.3 is 0 Å². The molecule has 1 aliphatic rings. The summed E-state index contributed by atoms with van der Waals surface area (Å²) in [5, 5.41) is 2.96. The standard InChI is InChI=1S/C19H20BrFN2O/c1-13-4-9-17(16(20)11-13)22-19(24)12-23-10-2-3-18(23)14-5-7-15(21)8-6-14/h4-9,11,18H,2-3,10,12H2,1H3,(H,22,24). The molecule has 0 bridgehead atoms. The second-order valence-corrected chi connectivity index (χ2v) is 7.07. The number of nitrogens with one attached hydrogen (secondary N) is 1. The van der Waals surface area contributed by atoms with Crippen LogP contribution in [0.3, 0.4) is 0 Å². The van der Waals surface area contributed by atoms with E-state index in [4.69, 9.17) is 0 Å². The Morgan fingerprint density at radius 1 is 1.29 bits per heavy atom. The molecule has 1 amide bonds. The van der Waals surface area contributed by atoms with Gasteiger partial charge in [-0.05, 0) is 77.6 Å². The summed E-state index contributed by atoms with van der Waals surface area (Å²) in [6.45, 7) is 3.22. The fraction of sp³-hybridized carbons (Fsp3) is 0.316. The summed E-state index contributed by atoms with van der Waals surface area (Å²) >= 11 is 3.48. The van der Waals surface area contributed by atoms with Crippen LogP contribution < -0.4 is 5.32 Å². The molecule has 1 N–H and O–H groups in total. The average molecular weight is 391 g/mol. The number of benzene rings is 2. The van der Waals surface area contributed by atoms with Crippen LogP contribution in [0.4, 0.5) is 10.1 Å². The number of carbonyl (C=O) groups is 1. The van der Waals surface area contributed by atoms with Crippen molar-refractivity contribution in [3.8, 4) is 0 Å². The van der Waals surface area contributed by atoms with E-state index in [-0.39, 0.29) is 17.8 Å². The van der Waals surface area contributed by atoms with Crippen molar-refractivity contribution in [2.24, 2.45) is 0 Å². The molecule has 126 valence electrons. The van der Waals surface area contributed by atoms with Gasteiger partial charge in [-0.1, -0.05) is 18.2 Å². The van der Waals surface area contributed by atoms with Crippen LogP contribution in [0.1, 0.15) is 30.0 Å². The Kier molecular flexibility index (Phi) is 5.31. The van der Waals surface area contributed by atoms with Gasteiger partial charge in [-0.3, -0.25) is 9.69 Å². The van der Waals surface area contributed by atoms with E-state index in [0.717, 1.165) is 40.7 Å². The third-order valence-corrected chi connectivity index (χ3v) is 5.02. The fourth-order valence-corrected chi connectivity index (χ4v) is 3.77. The number of aryl methyl sites for hydroxylation is 1. The van der Waals surface area contributed by atoms with Crippen LogP contribution in [-0.2, 0) is 4.79 Å². The maximum absolute atomic E-state index is 13.1. The number of amides is 1. The van der Waals surface area contributed by atoms with Crippen LogP contribution in [0.2, 0.25) is 0 Å². The van der Waals surface area contributed by atoms with Crippen LogP contribution in [0.25, 0.3) is 0 Å². The highest BCUT2D eigenvalue weighted by atomic mass is 79.9. The molecule has 1 unspecified atom stereocenters. The first kappa shape index (κ1) is 17.1. The molecule has 1 atom stereocenters. The minimum Gasteiger partial charge on any atom is -0.324 e. The number of halogens is 2. The van der Waals surface area contributed by atoms with E-state index < -0.39 is 0 Å². The highest BCUT2D eigenvalue weighted by Gasteiger charge is 2.27. The summed E-state index contributed by atoms with van der Waals surface area (Å²) in [5.41, 5.74) is 2.98. The van der Waals surface area contributed by atoms with Crippen molar-refractivity contribution in [1.29, 1.82) is 0 Å². The molecule has 2 aromatic carbocycles. The van der Waals surface area contributed by atoms with Crippen molar-refractivity contribution < 1.29 is 9.18 Å². The first-order chi connectivity index (χ1) is 11.5. The predicted molar refractivity (Wildman–Crippen MR) is 97.5 cm³/mol. The van der Waals surface area contributed by atoms with Gasteiger partial charge in [0.05, 0.1) is 12.2 Å². The lowest BCUT2D eigenvalue weighted by molar-refractivity contribution is -0.117. The summed E-state index contributed by atoms with van der Waals surface area (Å²) in [7, 11) is 0. The maximum atomic E-state index is 13.1. The molecule has 1 heterocycles. The number of rotatable bonds is 4. The van der Waals surface area contributed by atoms with Gasteiger partial charge in [-0.2, -0.15) is 0 Å². The van der Waals surface area contributed by atoms with Crippen LogP contribution in [0.5, 0.6) is 0 Å². The van der Waals surface area contributed by atoms with E-state index in [1.807, 2.05) is 37.3 Å². The number of hydrogen-bond donors (Lipinski definition) is 1. The molecule has 24 heavy (non-hydrogen) atoms. The number of nitrogens with zero attached hydrogens (tertiary/aromatic N) is 1. The number of likely N-dealkylation sites (tertiary alicyclic amines) is 1. The molecular weight excluding hydrogens is 371 g/mol. The Morgan fingerprint density at radius 2 is 2.04 bits per heavy atom. The zero-order chi connectivity index (χ0) is 17.1. The third-order valence-electron chi connectivity index (χ3n) is 4.36. The highest BCUT2D eigenvalue weighted by Crippen LogP contribution is 2.32. The van der Waals surface area contributed by atoms with E-state index >= 15 is 0 Å². The Labute approximate surface area is 150 Å². The molecule has 0 radical (unpaired) electrons. The molecule has 5 heteroatoms.